The van der Waals surface area contributed by atoms with Gasteiger partial charge in [0.25, 0.3) is 5.91 Å². The molecule has 7 nitrogen and oxygen atoms in total. The third-order valence-corrected chi connectivity index (χ3v) is 6.60. The van der Waals surface area contributed by atoms with Gasteiger partial charge in [0.1, 0.15) is 12.4 Å². The number of amides is 1. The summed E-state index contributed by atoms with van der Waals surface area (Å²) in [4.78, 5) is 31.3. The SMILES string of the molecule is O=C(O)CC1c2ccc(nc2)OCC/C=C\COc2cccc(c2)C(=O)N2CCc3ccc1cc3C2. The summed E-state index contributed by atoms with van der Waals surface area (Å²) in [6, 6.07) is 17.0. The highest BCUT2D eigenvalue weighted by molar-refractivity contribution is 5.94. The van der Waals surface area contributed by atoms with Gasteiger partial charge in [-0.1, -0.05) is 42.5 Å². The Morgan fingerprint density at radius 2 is 1.92 bits per heavy atom. The lowest BCUT2D eigenvalue weighted by molar-refractivity contribution is -0.137. The van der Waals surface area contributed by atoms with Gasteiger partial charge in [-0.15, -0.1) is 0 Å². The number of fused-ring (bicyclic) bond motifs is 7. The molecule has 0 fully saturated rings. The lowest BCUT2D eigenvalue weighted by Gasteiger charge is -2.30. The van der Waals surface area contributed by atoms with E-state index in [1.54, 1.807) is 18.3 Å². The van der Waals surface area contributed by atoms with E-state index >= 15 is 0 Å². The molecule has 184 valence electrons. The highest BCUT2D eigenvalue weighted by Crippen LogP contribution is 2.32. The van der Waals surface area contributed by atoms with Gasteiger partial charge in [-0.25, -0.2) is 4.98 Å². The van der Waals surface area contributed by atoms with E-state index in [1.165, 1.54) is 5.56 Å². The number of carbonyl (C=O) groups is 2. The summed E-state index contributed by atoms with van der Waals surface area (Å²) < 4.78 is 11.6. The van der Waals surface area contributed by atoms with Crippen LogP contribution in [0.2, 0.25) is 0 Å². The van der Waals surface area contributed by atoms with Gasteiger partial charge in [-0.05, 0) is 53.3 Å². The Bertz CT molecular complexity index is 1290. The molecule has 0 radical (unpaired) electrons. The van der Waals surface area contributed by atoms with E-state index in [4.69, 9.17) is 9.47 Å². The Balaban J connectivity index is 1.50. The van der Waals surface area contributed by atoms with Crippen molar-refractivity contribution in [1.29, 1.82) is 0 Å². The van der Waals surface area contributed by atoms with E-state index < -0.39 is 5.97 Å². The summed E-state index contributed by atoms with van der Waals surface area (Å²) in [5.74, 6) is -0.134. The Morgan fingerprint density at radius 3 is 2.75 bits per heavy atom. The third-order valence-electron chi connectivity index (χ3n) is 6.60. The minimum atomic E-state index is -0.880. The van der Waals surface area contributed by atoms with Crippen molar-refractivity contribution in [3.8, 4) is 11.6 Å². The van der Waals surface area contributed by atoms with Crippen molar-refractivity contribution >= 4 is 11.9 Å². The predicted molar refractivity (Wildman–Crippen MR) is 134 cm³/mol. The van der Waals surface area contributed by atoms with Crippen molar-refractivity contribution in [3.05, 3.63) is 101 Å². The third kappa shape index (κ3) is 5.40. The summed E-state index contributed by atoms with van der Waals surface area (Å²) >= 11 is 0. The summed E-state index contributed by atoms with van der Waals surface area (Å²) in [5.41, 5.74) is 4.52. The molecular weight excluding hydrogens is 456 g/mol. The van der Waals surface area contributed by atoms with Crippen LogP contribution in [0.3, 0.4) is 0 Å². The van der Waals surface area contributed by atoms with Crippen molar-refractivity contribution in [3.63, 3.8) is 0 Å². The summed E-state index contributed by atoms with van der Waals surface area (Å²) in [7, 11) is 0. The molecule has 3 aromatic rings. The molecule has 36 heavy (non-hydrogen) atoms. The maximum atomic E-state index is 13.3. The molecule has 0 saturated carbocycles. The molecule has 1 aromatic heterocycles. The van der Waals surface area contributed by atoms with Crippen LogP contribution < -0.4 is 9.47 Å². The van der Waals surface area contributed by atoms with Crippen LogP contribution in [0.25, 0.3) is 0 Å². The number of hydrogen-bond acceptors (Lipinski definition) is 5. The maximum Gasteiger partial charge on any atom is 0.304 e. The number of hydrogen-bond donors (Lipinski definition) is 1. The van der Waals surface area contributed by atoms with Crippen LogP contribution >= 0.6 is 0 Å². The molecule has 0 aliphatic carbocycles. The normalized spacial score (nSPS) is 18.6. The fourth-order valence-electron chi connectivity index (χ4n) is 4.72. The van der Waals surface area contributed by atoms with Gasteiger partial charge in [-0.3, -0.25) is 9.59 Å². The number of nitrogens with zero attached hydrogens (tertiary/aromatic N) is 2. The molecule has 3 aliphatic heterocycles. The van der Waals surface area contributed by atoms with Crippen molar-refractivity contribution in [2.75, 3.05) is 19.8 Å². The van der Waals surface area contributed by atoms with Gasteiger partial charge in [0.2, 0.25) is 5.88 Å². The van der Waals surface area contributed by atoms with Crippen molar-refractivity contribution in [2.45, 2.75) is 31.7 Å². The number of carboxylic acids is 1. The van der Waals surface area contributed by atoms with Gasteiger partial charge in [-0.2, -0.15) is 0 Å². The molecule has 7 bridgehead atoms. The Morgan fingerprint density at radius 1 is 1.03 bits per heavy atom. The first kappa shape index (κ1) is 23.6. The molecule has 6 rings (SSSR count). The first-order valence-electron chi connectivity index (χ1n) is 12.2. The average Bonchev–Trinajstić information content (AvgIpc) is 2.90. The Hall–Kier alpha value is -4.13. The summed E-state index contributed by atoms with van der Waals surface area (Å²) in [6.45, 7) is 1.96. The first-order chi connectivity index (χ1) is 17.6. The highest BCUT2D eigenvalue weighted by atomic mass is 16.5. The lowest BCUT2D eigenvalue weighted by Crippen LogP contribution is -2.36. The number of carboxylic acid groups (broad SMARTS) is 1. The number of ether oxygens (including phenoxy) is 2. The van der Waals surface area contributed by atoms with E-state index in [0.29, 0.717) is 49.9 Å². The van der Waals surface area contributed by atoms with Crippen LogP contribution in [-0.2, 0) is 17.8 Å². The molecule has 0 saturated heterocycles. The van der Waals surface area contributed by atoms with Gasteiger partial charge in [0.15, 0.2) is 0 Å². The van der Waals surface area contributed by atoms with Crippen molar-refractivity contribution < 1.29 is 24.2 Å². The number of aromatic nitrogens is 1. The smallest absolute Gasteiger partial charge is 0.304 e. The topological polar surface area (TPSA) is 89.0 Å². The number of rotatable bonds is 2. The average molecular weight is 485 g/mol. The molecule has 2 aromatic carbocycles. The number of benzene rings is 2. The Kier molecular flexibility index (Phi) is 6.98. The van der Waals surface area contributed by atoms with Crippen LogP contribution in [0.5, 0.6) is 11.6 Å². The minimum absolute atomic E-state index is 0.0445. The lowest BCUT2D eigenvalue weighted by atomic mass is 9.86. The molecule has 1 atom stereocenters. The van der Waals surface area contributed by atoms with Crippen LogP contribution in [0.15, 0.2) is 72.9 Å². The van der Waals surface area contributed by atoms with E-state index in [9.17, 15) is 14.7 Å². The number of carbonyl (C=O) groups excluding carboxylic acids is 1. The quantitative estimate of drug-likeness (QED) is 0.535. The molecule has 1 amide bonds. The fraction of sp³-hybridized carbons (Fsp3) is 0.276. The second-order valence-electron chi connectivity index (χ2n) is 9.03. The van der Waals surface area contributed by atoms with E-state index in [0.717, 1.165) is 23.1 Å². The minimum Gasteiger partial charge on any atom is -0.490 e. The molecular formula is C29H28N2O5. The predicted octanol–water partition coefficient (Wildman–Crippen LogP) is 4.60. The first-order valence-corrected chi connectivity index (χ1v) is 12.2. The zero-order valence-electron chi connectivity index (χ0n) is 19.9. The molecule has 1 N–H and O–H groups in total. The van der Waals surface area contributed by atoms with Gasteiger partial charge in [0, 0.05) is 36.8 Å². The summed E-state index contributed by atoms with van der Waals surface area (Å²) in [5, 5.41) is 9.62. The summed E-state index contributed by atoms with van der Waals surface area (Å²) in [6.07, 6.45) is 6.98. The zero-order chi connectivity index (χ0) is 24.9. The van der Waals surface area contributed by atoms with Gasteiger partial charge < -0.3 is 19.5 Å². The molecule has 3 aliphatic rings. The monoisotopic (exact) mass is 484 g/mol. The molecule has 1 unspecified atom stereocenters. The van der Waals surface area contributed by atoms with Crippen molar-refractivity contribution in [1.82, 2.24) is 9.88 Å². The second-order valence-corrected chi connectivity index (χ2v) is 9.03. The number of aliphatic carboxylic acids is 1. The highest BCUT2D eigenvalue weighted by Gasteiger charge is 2.25. The second kappa shape index (κ2) is 10.6. The van der Waals surface area contributed by atoms with E-state index in [2.05, 4.69) is 11.1 Å². The van der Waals surface area contributed by atoms with Gasteiger partial charge in [0.05, 0.1) is 13.0 Å². The van der Waals surface area contributed by atoms with Crippen LogP contribution in [-0.4, -0.2) is 46.6 Å². The number of pyridine rings is 1. The van der Waals surface area contributed by atoms with Gasteiger partial charge >= 0.3 is 5.97 Å². The fourth-order valence-corrected chi connectivity index (χ4v) is 4.72. The Labute approximate surface area is 210 Å². The standard InChI is InChI=1S/C29H28N2O5/c32-28(33)17-26-21-8-7-20-11-12-31(19-24(20)15-21)29(34)22-5-4-6-25(16-22)35-13-2-1-3-14-36-27-10-9-23(26)18-30-27/h1-2,4-10,15-16,18,26H,3,11-14,17,19H2,(H,32,33)/b2-1-. The largest absolute Gasteiger partial charge is 0.490 e. The molecule has 4 heterocycles. The van der Waals surface area contributed by atoms with Crippen LogP contribution in [0.1, 0.15) is 51.4 Å². The van der Waals surface area contributed by atoms with E-state index in [1.807, 2.05) is 53.5 Å². The zero-order valence-corrected chi connectivity index (χ0v) is 19.9. The van der Waals surface area contributed by atoms with Crippen LogP contribution in [0, 0.1) is 0 Å². The van der Waals surface area contributed by atoms with Crippen LogP contribution in [0.4, 0.5) is 0 Å². The molecule has 0 spiro atoms. The molecule has 7 heteroatoms. The van der Waals surface area contributed by atoms with Crippen molar-refractivity contribution in [2.24, 2.45) is 0 Å². The van der Waals surface area contributed by atoms with E-state index in [-0.39, 0.29) is 18.2 Å². The maximum absolute atomic E-state index is 13.3.